The van der Waals surface area contributed by atoms with Crippen LogP contribution in [0.3, 0.4) is 0 Å². The van der Waals surface area contributed by atoms with Gasteiger partial charge >= 0.3 is 12.1 Å². The van der Waals surface area contributed by atoms with Gasteiger partial charge in [0, 0.05) is 35.0 Å². The Bertz CT molecular complexity index is 2690. The van der Waals surface area contributed by atoms with Crippen molar-refractivity contribution in [2.45, 2.75) is 51.5 Å². The van der Waals surface area contributed by atoms with Crippen LogP contribution in [0.2, 0.25) is 0 Å². The minimum absolute atomic E-state index is 0.00463. The molecule has 4 heterocycles. The van der Waals surface area contributed by atoms with Gasteiger partial charge in [0.2, 0.25) is 15.9 Å². The number of alkyl carbamates (subject to hydrolysis) is 1. The van der Waals surface area contributed by atoms with Gasteiger partial charge in [-0.15, -0.1) is 0 Å². The first-order chi connectivity index (χ1) is 28.3. The van der Waals surface area contributed by atoms with Gasteiger partial charge in [-0.25, -0.2) is 32.1 Å². The quantitative estimate of drug-likeness (QED) is 0.0753. The highest BCUT2D eigenvalue weighted by molar-refractivity contribution is 7.89. The number of sulfonamides is 1. The molecular weight excluding hydrogens is 786 g/mol. The summed E-state index contributed by atoms with van der Waals surface area (Å²) in [7, 11) is -3.98. The van der Waals surface area contributed by atoms with E-state index in [1.807, 2.05) is 48.5 Å². The Labute approximate surface area is 337 Å². The molecule has 2 aromatic heterocycles. The van der Waals surface area contributed by atoms with Crippen molar-refractivity contribution in [1.82, 2.24) is 24.9 Å². The van der Waals surface area contributed by atoms with Crippen LogP contribution < -0.4 is 20.9 Å². The molecule has 59 heavy (non-hydrogen) atoms. The van der Waals surface area contributed by atoms with Crippen LogP contribution in [0.4, 0.5) is 9.18 Å². The van der Waals surface area contributed by atoms with Crippen molar-refractivity contribution in [2.75, 3.05) is 32.2 Å². The third-order valence-corrected chi connectivity index (χ3v) is 12.4. The molecule has 0 saturated carbocycles. The summed E-state index contributed by atoms with van der Waals surface area (Å²) in [6, 6.07) is 20.2. The van der Waals surface area contributed by atoms with Crippen molar-refractivity contribution in [3.05, 3.63) is 122 Å². The Kier molecular flexibility index (Phi) is 10.5. The van der Waals surface area contributed by atoms with Crippen LogP contribution in [0.15, 0.2) is 71.5 Å². The number of ether oxygens (including phenoxy) is 3. The van der Waals surface area contributed by atoms with Crippen molar-refractivity contribution < 1.29 is 46.5 Å². The molecule has 15 nitrogen and oxygen atoms in total. The van der Waals surface area contributed by atoms with E-state index in [2.05, 4.69) is 20.3 Å². The van der Waals surface area contributed by atoms with Gasteiger partial charge in [-0.1, -0.05) is 55.5 Å². The van der Waals surface area contributed by atoms with Gasteiger partial charge in [-0.2, -0.15) is 0 Å². The summed E-state index contributed by atoms with van der Waals surface area (Å²) in [6.07, 6.45) is -0.813. The molecule has 0 unspecified atom stereocenters. The van der Waals surface area contributed by atoms with Crippen molar-refractivity contribution in [3.63, 3.8) is 0 Å². The summed E-state index contributed by atoms with van der Waals surface area (Å²) in [4.78, 5) is 55.8. The van der Waals surface area contributed by atoms with Crippen molar-refractivity contribution >= 4 is 38.9 Å². The van der Waals surface area contributed by atoms with Crippen LogP contribution >= 0.6 is 0 Å². The number of hydrogen-bond donors (Lipinski definition) is 4. The lowest BCUT2D eigenvalue weighted by Crippen LogP contribution is -2.44. The fourth-order valence-corrected chi connectivity index (χ4v) is 8.83. The van der Waals surface area contributed by atoms with Gasteiger partial charge in [0.25, 0.3) is 5.56 Å². The molecule has 5 aromatic rings. The van der Waals surface area contributed by atoms with E-state index in [-0.39, 0.29) is 68.6 Å². The topological polar surface area (TPSA) is 204 Å². The van der Waals surface area contributed by atoms with E-state index < -0.39 is 57.3 Å². The Hall–Kier alpha value is -6.01. The van der Waals surface area contributed by atoms with Crippen molar-refractivity contribution in [2.24, 2.45) is 0 Å². The zero-order chi connectivity index (χ0) is 41.6. The fraction of sp³-hybridized carbons (Fsp3) is 0.310. The maximum Gasteiger partial charge on any atom is 0.407 e. The van der Waals surface area contributed by atoms with Gasteiger partial charge < -0.3 is 34.5 Å². The molecule has 306 valence electrons. The maximum atomic E-state index is 14.8. The number of amides is 2. The van der Waals surface area contributed by atoms with E-state index in [1.165, 1.54) is 16.7 Å². The SMILES string of the molecule is CC[C@@]1(O)C(=O)OCc2c1cc1n(c2=O)Cc2c-1nc1cc(F)c(C)cc1c2CNS(=O)(=O)CCOCNC(=O)CNC(=O)OCC1c2ccccc2-c2ccccc21. The smallest absolute Gasteiger partial charge is 0.407 e. The summed E-state index contributed by atoms with van der Waals surface area (Å²) in [5.74, 6) is -2.59. The molecule has 8 rings (SSSR count). The predicted molar refractivity (Wildman–Crippen MR) is 212 cm³/mol. The highest BCUT2D eigenvalue weighted by Crippen LogP contribution is 2.45. The number of carbonyl (C=O) groups is 3. The molecule has 1 atom stereocenters. The van der Waals surface area contributed by atoms with E-state index in [9.17, 15) is 37.1 Å². The Balaban J connectivity index is 0.860. The van der Waals surface area contributed by atoms with E-state index >= 15 is 0 Å². The summed E-state index contributed by atoms with van der Waals surface area (Å²) in [5, 5.41) is 16.6. The second-order valence-electron chi connectivity index (χ2n) is 14.6. The molecule has 1 aliphatic carbocycles. The number of fused-ring (bicyclic) bond motifs is 8. The molecule has 17 heteroatoms. The highest BCUT2D eigenvalue weighted by atomic mass is 32.2. The monoisotopic (exact) mass is 825 g/mol. The molecule has 4 N–H and O–H groups in total. The summed E-state index contributed by atoms with van der Waals surface area (Å²) >= 11 is 0. The van der Waals surface area contributed by atoms with Gasteiger partial charge in [-0.05, 0) is 58.9 Å². The number of rotatable bonds is 13. The van der Waals surface area contributed by atoms with Crippen LogP contribution in [0, 0.1) is 12.7 Å². The summed E-state index contributed by atoms with van der Waals surface area (Å²) in [5.41, 5.74) is 4.08. The molecule has 2 aliphatic heterocycles. The zero-order valence-electron chi connectivity index (χ0n) is 32.1. The Morgan fingerprint density at radius 3 is 2.46 bits per heavy atom. The fourth-order valence-electron chi connectivity index (χ4n) is 7.98. The molecule has 3 aliphatic rings. The van der Waals surface area contributed by atoms with Crippen molar-refractivity contribution in [3.8, 4) is 22.5 Å². The maximum absolute atomic E-state index is 14.8. The lowest BCUT2D eigenvalue weighted by Gasteiger charge is -2.31. The minimum atomic E-state index is -3.98. The average Bonchev–Trinajstić information content (AvgIpc) is 3.75. The summed E-state index contributed by atoms with van der Waals surface area (Å²) < 4.78 is 61.1. The molecular formula is C42H40FN5O10S. The molecule has 2 amide bonds. The molecule has 0 bridgehead atoms. The van der Waals surface area contributed by atoms with Crippen molar-refractivity contribution in [1.29, 1.82) is 0 Å². The van der Waals surface area contributed by atoms with Crippen LogP contribution in [-0.2, 0) is 59.1 Å². The zero-order valence-corrected chi connectivity index (χ0v) is 32.9. The number of halogens is 1. The number of benzene rings is 3. The number of nitrogens with one attached hydrogen (secondary N) is 3. The third kappa shape index (κ3) is 7.35. The first-order valence-corrected chi connectivity index (χ1v) is 20.6. The van der Waals surface area contributed by atoms with Crippen LogP contribution in [0.25, 0.3) is 33.4 Å². The number of pyridine rings is 2. The number of hydrogen-bond acceptors (Lipinski definition) is 11. The molecule has 0 fully saturated rings. The highest BCUT2D eigenvalue weighted by Gasteiger charge is 2.45. The Morgan fingerprint density at radius 1 is 1.03 bits per heavy atom. The largest absolute Gasteiger partial charge is 0.458 e. The van der Waals surface area contributed by atoms with Gasteiger partial charge in [0.1, 0.15) is 32.3 Å². The van der Waals surface area contributed by atoms with Gasteiger partial charge in [0.05, 0.1) is 41.4 Å². The molecule has 0 spiro atoms. The number of aromatic nitrogens is 2. The Morgan fingerprint density at radius 2 is 1.75 bits per heavy atom. The second kappa shape index (κ2) is 15.6. The third-order valence-electron chi connectivity index (χ3n) is 11.2. The van der Waals surface area contributed by atoms with Gasteiger partial charge in [0.15, 0.2) is 5.60 Å². The van der Waals surface area contributed by atoms with E-state index in [0.29, 0.717) is 33.5 Å². The number of aryl methyl sites for hydroxylation is 1. The minimum Gasteiger partial charge on any atom is -0.458 e. The number of nitrogens with zero attached hydrogens (tertiary/aromatic N) is 2. The first kappa shape index (κ1) is 39.8. The van der Waals surface area contributed by atoms with Crippen LogP contribution in [-0.4, -0.2) is 73.3 Å². The predicted octanol–water partition coefficient (Wildman–Crippen LogP) is 3.58. The summed E-state index contributed by atoms with van der Waals surface area (Å²) in [6.45, 7) is 1.69. The number of cyclic esters (lactones) is 1. The number of aliphatic hydroxyl groups is 1. The molecule has 0 radical (unpaired) electrons. The number of esters is 1. The first-order valence-electron chi connectivity index (χ1n) is 19.0. The van der Waals surface area contributed by atoms with Gasteiger partial charge in [-0.3, -0.25) is 9.59 Å². The number of carbonyl (C=O) groups excluding carboxylic acids is 3. The second-order valence-corrected chi connectivity index (χ2v) is 16.5. The van der Waals surface area contributed by atoms with E-state index in [1.54, 1.807) is 19.9 Å². The lowest BCUT2D eigenvalue weighted by molar-refractivity contribution is -0.172. The van der Waals surface area contributed by atoms with Crippen LogP contribution in [0.5, 0.6) is 0 Å². The molecule has 3 aromatic carbocycles. The average molecular weight is 826 g/mol. The van der Waals surface area contributed by atoms with Crippen LogP contribution in [0.1, 0.15) is 58.2 Å². The lowest BCUT2D eigenvalue weighted by atomic mass is 9.86. The standard InChI is InChI=1S/C42H40FN5O10S/c1-3-42(53)33-15-36-38-30(19-48(36)39(50)32(33)21-57-40(42)51)29(28-14-23(2)34(43)16-35(28)47-38)17-46-59(54,55)13-12-56-22-45-37(49)18-44-41(52)58-20-31-26-10-6-4-8-24(26)25-9-5-7-11-27(25)31/h4-11,14-16,31,46,53H,3,12-13,17-22H2,1-2H3,(H,44,52)(H,45,49)/t42-/m0/s1. The normalized spacial score (nSPS) is 16.4. The molecule has 0 saturated heterocycles. The van der Waals surface area contributed by atoms with E-state index in [0.717, 1.165) is 22.3 Å². The van der Waals surface area contributed by atoms with E-state index in [4.69, 9.17) is 14.2 Å².